The lowest BCUT2D eigenvalue weighted by Gasteiger charge is -2.33. The molecule has 30 heteroatoms. The third kappa shape index (κ3) is 31.5. The van der Waals surface area contributed by atoms with Gasteiger partial charge in [0, 0.05) is 97.2 Å². The molecular formula is C67H96N12O18. The fraction of sp³-hybridized carbons (Fsp3) is 0.567. The largest absolute Gasteiger partial charge is 0.481 e. The molecule has 3 aromatic carbocycles. The van der Waals surface area contributed by atoms with Gasteiger partial charge in [-0.3, -0.25) is 67.5 Å². The second-order valence-corrected chi connectivity index (χ2v) is 24.9. The van der Waals surface area contributed by atoms with Gasteiger partial charge in [-0.15, -0.1) is 0 Å². The molecule has 30 nitrogen and oxygen atoms in total. The van der Waals surface area contributed by atoms with E-state index in [2.05, 4.69) is 42.5 Å². The summed E-state index contributed by atoms with van der Waals surface area (Å²) in [4.78, 5) is 171. The lowest BCUT2D eigenvalue weighted by Crippen LogP contribution is -2.51. The fourth-order valence-corrected chi connectivity index (χ4v) is 11.6. The molecular weight excluding hydrogens is 1260 g/mol. The third-order valence-corrected chi connectivity index (χ3v) is 17.0. The smallest absolute Gasteiger partial charge is 0.326 e. The first-order valence-corrected chi connectivity index (χ1v) is 33.2. The molecule has 13 N–H and O–H groups in total. The van der Waals surface area contributed by atoms with Crippen molar-refractivity contribution in [2.45, 2.75) is 127 Å². The molecule has 1 heterocycles. The Morgan fingerprint density at radius 3 is 1.55 bits per heavy atom. The van der Waals surface area contributed by atoms with Crippen LogP contribution in [0.1, 0.15) is 102 Å². The van der Waals surface area contributed by atoms with E-state index in [1.807, 2.05) is 82.6 Å². The van der Waals surface area contributed by atoms with E-state index in [1.54, 1.807) is 9.80 Å². The van der Waals surface area contributed by atoms with Crippen LogP contribution in [0.5, 0.6) is 0 Å². The van der Waals surface area contributed by atoms with Gasteiger partial charge in [0.15, 0.2) is 0 Å². The van der Waals surface area contributed by atoms with Crippen molar-refractivity contribution >= 4 is 87.9 Å². The van der Waals surface area contributed by atoms with Crippen molar-refractivity contribution in [2.75, 3.05) is 105 Å². The van der Waals surface area contributed by atoms with E-state index in [-0.39, 0.29) is 120 Å². The quantitative estimate of drug-likeness (QED) is 0.0349. The predicted molar refractivity (Wildman–Crippen MR) is 355 cm³/mol. The second-order valence-electron chi connectivity index (χ2n) is 24.9. The maximum absolute atomic E-state index is 14.1. The molecule has 1 saturated heterocycles. The minimum absolute atomic E-state index is 0.0455. The number of nitrogens with zero attached hydrogens (tertiary/aromatic N) is 4. The first-order chi connectivity index (χ1) is 46.4. The van der Waals surface area contributed by atoms with Gasteiger partial charge >= 0.3 is 35.9 Å². The van der Waals surface area contributed by atoms with Gasteiger partial charge in [-0.2, -0.15) is 0 Å². The number of fused-ring (bicyclic) bond motifs is 1. The van der Waals surface area contributed by atoms with Crippen molar-refractivity contribution in [1.29, 1.82) is 0 Å². The van der Waals surface area contributed by atoms with Gasteiger partial charge in [0.2, 0.25) is 35.4 Å². The molecule has 5 rings (SSSR count). The van der Waals surface area contributed by atoms with Crippen molar-refractivity contribution in [1.82, 2.24) is 62.1 Å². The van der Waals surface area contributed by atoms with E-state index in [0.717, 1.165) is 21.9 Å². The van der Waals surface area contributed by atoms with Gasteiger partial charge in [0.1, 0.15) is 30.0 Å². The highest BCUT2D eigenvalue weighted by Crippen LogP contribution is 2.29. The Morgan fingerprint density at radius 1 is 0.454 bits per heavy atom. The highest BCUT2D eigenvalue weighted by Gasteiger charge is 2.32. The molecule has 8 amide bonds. The number of aryl methyl sites for hydroxylation is 1. The Hall–Kier alpha value is -9.13. The molecule has 1 saturated carbocycles. The van der Waals surface area contributed by atoms with E-state index in [0.29, 0.717) is 97.3 Å². The summed E-state index contributed by atoms with van der Waals surface area (Å²) in [6, 6.07) is 16.6. The molecule has 1 aliphatic heterocycles. The number of aliphatic carboxylic acids is 5. The van der Waals surface area contributed by atoms with E-state index < -0.39 is 96.5 Å². The van der Waals surface area contributed by atoms with Crippen LogP contribution in [0.4, 0.5) is 4.79 Å². The minimum atomic E-state index is -1.57. The Kier molecular flexibility index (Phi) is 34.4. The number of hydrogen-bond donors (Lipinski definition) is 13. The van der Waals surface area contributed by atoms with Crippen LogP contribution in [0.2, 0.25) is 0 Å². The van der Waals surface area contributed by atoms with Gasteiger partial charge < -0.3 is 68.1 Å². The Labute approximate surface area is 563 Å². The Morgan fingerprint density at radius 2 is 0.979 bits per heavy atom. The number of benzene rings is 3. The lowest BCUT2D eigenvalue weighted by molar-refractivity contribution is -0.141. The van der Waals surface area contributed by atoms with Gasteiger partial charge in [0.05, 0.1) is 32.7 Å². The average molecular weight is 1360 g/mol. The number of unbranched alkanes of at least 4 members (excludes halogenated alkanes) is 2. The minimum Gasteiger partial charge on any atom is -0.481 e. The zero-order chi connectivity index (χ0) is 70.7. The molecule has 0 bridgehead atoms. The zero-order valence-corrected chi connectivity index (χ0v) is 55.1. The van der Waals surface area contributed by atoms with Crippen LogP contribution >= 0.6 is 0 Å². The van der Waals surface area contributed by atoms with Crippen LogP contribution in [0.15, 0.2) is 72.8 Å². The van der Waals surface area contributed by atoms with Crippen LogP contribution in [0.3, 0.4) is 0 Å². The van der Waals surface area contributed by atoms with Crippen LogP contribution in [0.25, 0.3) is 10.8 Å². The van der Waals surface area contributed by atoms with Gasteiger partial charge in [-0.25, -0.2) is 14.4 Å². The van der Waals surface area contributed by atoms with Crippen LogP contribution in [-0.4, -0.2) is 251 Å². The van der Waals surface area contributed by atoms with Crippen molar-refractivity contribution in [3.05, 3.63) is 83.9 Å². The number of carbonyl (C=O) groups excluding carboxylic acids is 8. The molecule has 1 aliphatic carbocycles. The van der Waals surface area contributed by atoms with Crippen molar-refractivity contribution < 1.29 is 87.9 Å². The number of amides is 8. The maximum Gasteiger partial charge on any atom is 0.326 e. The first-order valence-electron chi connectivity index (χ1n) is 33.2. The molecule has 4 atom stereocenters. The summed E-state index contributed by atoms with van der Waals surface area (Å²) in [7, 11) is 0. The van der Waals surface area contributed by atoms with Crippen LogP contribution < -0.4 is 42.5 Å². The number of rotatable bonds is 39. The Balaban J connectivity index is 1.15. The maximum atomic E-state index is 14.1. The summed E-state index contributed by atoms with van der Waals surface area (Å²) in [6.07, 6.45) is 3.08. The van der Waals surface area contributed by atoms with E-state index >= 15 is 0 Å². The lowest BCUT2D eigenvalue weighted by atomic mass is 9.81. The summed E-state index contributed by atoms with van der Waals surface area (Å²) in [5.74, 6) is -9.36. The van der Waals surface area contributed by atoms with Crippen LogP contribution in [-0.2, 0) is 70.4 Å². The predicted octanol–water partition coefficient (Wildman–Crippen LogP) is 0.647. The molecule has 532 valence electrons. The molecule has 0 radical (unpaired) electrons. The number of carboxylic acids is 5. The standard InChI is InChI=1S/C67H96N12O18/c1-45(80)41-76-29-33-78(43-60(86)87)35-31-77(32-36-79(34-30-76)44-61(88)89)42-58(83)68-27-9-7-15-52(72-57(82)40-70-56(81)25-20-46-11-3-2-4-12-46)63(91)71-39-47-17-22-50(23-18-47)62(90)73-55(38-48-19-21-49-13-5-6-14-51(49)37-48)64(92)69-28-10-8-16-53(65(93)94)74-67(97)75-54(66(95)96)24-26-59(84)85/h2-6,11-14,19,21,37,47,50,52-55H,7-10,15-18,20,22-36,38-44H2,1H3,(H,68,83)(H,69,92)(H,70,81)(H,71,91)(H,72,82)(H,73,90)(H,84,85)(H,86,87)(H,88,89)(H,93,94)(H,95,96)(H2,74,75,97)/t47?,50?,52-,53-,54-,55-/m0/s1. The summed E-state index contributed by atoms with van der Waals surface area (Å²) in [5, 5.41) is 70.7. The van der Waals surface area contributed by atoms with Crippen LogP contribution in [0, 0.1) is 11.8 Å². The SMILES string of the molecule is CC(=O)CN1CCN(CC(=O)O)CCN(CC(=O)NCCCC[C@H](NC(=O)CNC(=O)CCc2ccccc2)C(=O)NCC2CCC(C(=O)N[C@@H](Cc3ccc4ccccc4c3)C(=O)NCCCC[C@H](NC(=O)N[C@@H](CCC(=O)O)C(=O)O)C(=O)O)CC2)CCN(CC(=O)O)CC1. The van der Waals surface area contributed by atoms with Gasteiger partial charge in [-0.05, 0) is 112 Å². The van der Waals surface area contributed by atoms with Gasteiger partial charge in [-0.1, -0.05) is 72.8 Å². The number of Topliss-reactive ketones (excluding diaryl/α,β-unsaturated/α-hetero) is 1. The number of nitrogens with one attached hydrogen (secondary N) is 8. The monoisotopic (exact) mass is 1360 g/mol. The van der Waals surface area contributed by atoms with E-state index in [4.69, 9.17) is 5.11 Å². The molecule has 2 fully saturated rings. The summed E-state index contributed by atoms with van der Waals surface area (Å²) in [6.45, 7) is 3.76. The number of hydrogen-bond acceptors (Lipinski definition) is 17. The van der Waals surface area contributed by atoms with Crippen molar-refractivity contribution in [3.63, 3.8) is 0 Å². The van der Waals surface area contributed by atoms with E-state index in [1.165, 1.54) is 6.92 Å². The summed E-state index contributed by atoms with van der Waals surface area (Å²) < 4.78 is 0. The molecule has 0 spiro atoms. The van der Waals surface area contributed by atoms with Gasteiger partial charge in [0.25, 0.3) is 0 Å². The molecule has 97 heavy (non-hydrogen) atoms. The van der Waals surface area contributed by atoms with E-state index in [9.17, 15) is 82.8 Å². The molecule has 2 aliphatic rings. The van der Waals surface area contributed by atoms with Crippen molar-refractivity contribution in [2.24, 2.45) is 11.8 Å². The number of urea groups is 1. The third-order valence-electron chi connectivity index (χ3n) is 17.0. The summed E-state index contributed by atoms with van der Waals surface area (Å²) in [5.41, 5.74) is 1.73. The average Bonchev–Trinajstić information content (AvgIpc) is 1.59. The highest BCUT2D eigenvalue weighted by molar-refractivity contribution is 5.91. The number of carbonyl (C=O) groups is 13. The first kappa shape index (κ1) is 78.6. The molecule has 0 unspecified atom stereocenters. The fourth-order valence-electron chi connectivity index (χ4n) is 11.6. The number of carboxylic acid groups (broad SMARTS) is 5. The Bertz CT molecular complexity index is 3100. The highest BCUT2D eigenvalue weighted by atomic mass is 16.4. The molecule has 3 aromatic rings. The topological polar surface area (TPSA) is 432 Å². The number of ketones is 1. The summed E-state index contributed by atoms with van der Waals surface area (Å²) >= 11 is 0. The second kappa shape index (κ2) is 42.4. The molecule has 0 aromatic heterocycles. The van der Waals surface area contributed by atoms with Crippen molar-refractivity contribution in [3.8, 4) is 0 Å². The normalized spacial score (nSPS) is 17.2. The zero-order valence-electron chi connectivity index (χ0n) is 55.1.